The van der Waals surface area contributed by atoms with Gasteiger partial charge in [-0.1, -0.05) is 6.08 Å². The highest BCUT2D eigenvalue weighted by Crippen LogP contribution is 2.40. The van der Waals surface area contributed by atoms with E-state index in [0.29, 0.717) is 0 Å². The molecule has 1 aliphatic carbocycles. The van der Waals surface area contributed by atoms with Crippen LogP contribution in [0.25, 0.3) is 0 Å². The fraction of sp³-hybridized carbons (Fsp3) is 0.600. The molecule has 0 aromatic rings. The molecule has 24 heavy (non-hydrogen) atoms. The molecule has 1 fully saturated rings. The average Bonchev–Trinajstić information content (AvgIpc) is 2.90. The van der Waals surface area contributed by atoms with Crippen LogP contribution in [-0.4, -0.2) is 48.7 Å². The largest absolute Gasteiger partial charge is 0.508 e. The monoisotopic (exact) mass is 342 g/mol. The minimum Gasteiger partial charge on any atom is -0.438 e. The highest BCUT2D eigenvalue weighted by atomic mass is 16.8. The normalized spacial score (nSPS) is 27.0. The predicted octanol–water partition coefficient (Wildman–Crippen LogP) is 0.852. The Labute approximate surface area is 137 Å². The summed E-state index contributed by atoms with van der Waals surface area (Å²) in [6.07, 6.45) is 1.27. The van der Waals surface area contributed by atoms with Crippen LogP contribution >= 0.6 is 0 Å². The summed E-state index contributed by atoms with van der Waals surface area (Å²) < 4.78 is 24.6. The van der Waals surface area contributed by atoms with E-state index in [1.165, 1.54) is 26.0 Å². The number of hydrogen-bond donors (Lipinski definition) is 0. The van der Waals surface area contributed by atoms with Gasteiger partial charge in [0.1, 0.15) is 6.10 Å². The molecule has 2 rings (SSSR count). The summed E-state index contributed by atoms with van der Waals surface area (Å²) >= 11 is 0. The summed E-state index contributed by atoms with van der Waals surface area (Å²) in [4.78, 5) is 47.6. The molecule has 0 radical (unpaired) electrons. The maximum atomic E-state index is 12.5. The summed E-state index contributed by atoms with van der Waals surface area (Å²) in [6, 6.07) is 0. The first kappa shape index (κ1) is 17.8. The lowest BCUT2D eigenvalue weighted by atomic mass is 9.85. The van der Waals surface area contributed by atoms with Crippen molar-refractivity contribution in [2.75, 3.05) is 7.11 Å². The Morgan fingerprint density at radius 1 is 1.17 bits per heavy atom. The molecule has 0 aromatic heterocycles. The fourth-order valence-electron chi connectivity index (χ4n) is 2.62. The second-order valence-corrected chi connectivity index (χ2v) is 5.85. The van der Waals surface area contributed by atoms with Crippen LogP contribution in [0.3, 0.4) is 0 Å². The zero-order valence-electron chi connectivity index (χ0n) is 13.7. The Balaban J connectivity index is 2.29. The van der Waals surface area contributed by atoms with Crippen LogP contribution in [0.15, 0.2) is 12.2 Å². The molecule has 0 N–H and O–H groups in total. The lowest BCUT2D eigenvalue weighted by Gasteiger charge is -2.41. The summed E-state index contributed by atoms with van der Waals surface area (Å²) in [5.74, 6) is -5.30. The Hall–Kier alpha value is -2.58. The minimum absolute atomic E-state index is 0.0208. The van der Waals surface area contributed by atoms with Gasteiger partial charge in [-0.3, -0.25) is 4.79 Å². The number of rotatable bonds is 3. The number of carbonyl (C=O) groups excluding carboxylic acids is 4. The molecule has 0 amide bonds. The Morgan fingerprint density at radius 2 is 1.75 bits per heavy atom. The average molecular weight is 342 g/mol. The number of cyclic esters (lactones) is 2. The molecule has 1 heterocycles. The maximum absolute atomic E-state index is 12.5. The van der Waals surface area contributed by atoms with E-state index in [4.69, 9.17) is 18.9 Å². The van der Waals surface area contributed by atoms with Gasteiger partial charge >= 0.3 is 29.7 Å². The molecule has 0 spiro atoms. The lowest BCUT2D eigenvalue weighted by molar-refractivity contribution is -0.267. The highest BCUT2D eigenvalue weighted by molar-refractivity contribution is 6.07. The SMILES string of the molecule is COC(=O)O[C@H]1C=C[C@@H](C2(OC(C)=O)C(=O)OC(C)(C)OC2=O)C1. The Morgan fingerprint density at radius 3 is 2.25 bits per heavy atom. The molecule has 132 valence electrons. The van der Waals surface area contributed by atoms with Gasteiger partial charge in [0, 0.05) is 26.7 Å². The third-order valence-electron chi connectivity index (χ3n) is 3.57. The zero-order valence-corrected chi connectivity index (χ0v) is 13.7. The van der Waals surface area contributed by atoms with Crippen molar-refractivity contribution in [2.45, 2.75) is 44.7 Å². The summed E-state index contributed by atoms with van der Waals surface area (Å²) in [7, 11) is 1.15. The molecule has 0 aromatic carbocycles. The van der Waals surface area contributed by atoms with Crippen molar-refractivity contribution in [1.82, 2.24) is 0 Å². The lowest BCUT2D eigenvalue weighted by Crippen LogP contribution is -2.63. The molecule has 1 aliphatic heterocycles. The van der Waals surface area contributed by atoms with E-state index in [2.05, 4.69) is 4.74 Å². The van der Waals surface area contributed by atoms with Gasteiger partial charge in [0.2, 0.25) is 0 Å². The van der Waals surface area contributed by atoms with E-state index in [0.717, 1.165) is 14.0 Å². The van der Waals surface area contributed by atoms with E-state index in [-0.39, 0.29) is 6.42 Å². The number of esters is 3. The van der Waals surface area contributed by atoms with Crippen LogP contribution in [0.2, 0.25) is 0 Å². The van der Waals surface area contributed by atoms with Crippen molar-refractivity contribution in [3.05, 3.63) is 12.2 Å². The van der Waals surface area contributed by atoms with Crippen molar-refractivity contribution >= 4 is 24.1 Å². The topological polar surface area (TPSA) is 114 Å². The van der Waals surface area contributed by atoms with Gasteiger partial charge in [0.15, 0.2) is 0 Å². The standard InChI is InChI=1S/C15H18O9/c1-8(16)22-15(11(17)23-14(2,3)24-12(15)18)9-5-6-10(7-9)21-13(19)20-4/h5-6,9-10H,7H2,1-4H3/t9-,10+/m1/s1. The van der Waals surface area contributed by atoms with Crippen LogP contribution in [0.5, 0.6) is 0 Å². The van der Waals surface area contributed by atoms with E-state index in [1.54, 1.807) is 0 Å². The van der Waals surface area contributed by atoms with Crippen LogP contribution in [0, 0.1) is 5.92 Å². The van der Waals surface area contributed by atoms with E-state index in [9.17, 15) is 19.2 Å². The second-order valence-electron chi connectivity index (χ2n) is 5.85. The van der Waals surface area contributed by atoms with Crippen LogP contribution in [0.1, 0.15) is 27.2 Å². The zero-order chi connectivity index (χ0) is 18.1. The summed E-state index contributed by atoms with van der Waals surface area (Å²) in [6.45, 7) is 3.82. The molecule has 9 nitrogen and oxygen atoms in total. The molecule has 1 saturated heterocycles. The smallest absolute Gasteiger partial charge is 0.438 e. The first-order valence-electron chi connectivity index (χ1n) is 7.20. The van der Waals surface area contributed by atoms with Gasteiger partial charge in [0.25, 0.3) is 5.79 Å². The van der Waals surface area contributed by atoms with Gasteiger partial charge in [0.05, 0.1) is 7.11 Å². The van der Waals surface area contributed by atoms with Crippen molar-refractivity contribution in [2.24, 2.45) is 5.92 Å². The van der Waals surface area contributed by atoms with Gasteiger partial charge in [-0.2, -0.15) is 0 Å². The number of hydrogen-bond acceptors (Lipinski definition) is 9. The van der Waals surface area contributed by atoms with Gasteiger partial charge in [-0.15, -0.1) is 0 Å². The van der Waals surface area contributed by atoms with Crippen molar-refractivity contribution in [3.8, 4) is 0 Å². The molecule has 2 aliphatic rings. The molecular weight excluding hydrogens is 324 g/mol. The van der Waals surface area contributed by atoms with Crippen molar-refractivity contribution in [1.29, 1.82) is 0 Å². The molecule has 0 bridgehead atoms. The Kier molecular flexibility index (Phi) is 4.54. The number of carbonyl (C=O) groups is 4. The molecule has 0 saturated carbocycles. The number of methoxy groups -OCH3 is 1. The third kappa shape index (κ3) is 3.19. The van der Waals surface area contributed by atoms with Gasteiger partial charge < -0.3 is 23.7 Å². The molecule has 2 atom stereocenters. The summed E-state index contributed by atoms with van der Waals surface area (Å²) in [5, 5.41) is 0. The van der Waals surface area contributed by atoms with E-state index in [1.807, 2.05) is 0 Å². The summed E-state index contributed by atoms with van der Waals surface area (Å²) in [5.41, 5.74) is -2.27. The van der Waals surface area contributed by atoms with Crippen molar-refractivity contribution < 1.29 is 42.9 Å². The molecule has 9 heteroatoms. The first-order chi connectivity index (χ1) is 11.1. The van der Waals surface area contributed by atoms with E-state index >= 15 is 0 Å². The Bertz CT molecular complexity index is 584. The fourth-order valence-corrected chi connectivity index (χ4v) is 2.62. The predicted molar refractivity (Wildman–Crippen MR) is 75.3 cm³/mol. The van der Waals surface area contributed by atoms with Crippen LogP contribution in [-0.2, 0) is 38.1 Å². The quantitative estimate of drug-likeness (QED) is 0.318. The molecular formula is C15H18O9. The third-order valence-corrected chi connectivity index (χ3v) is 3.57. The van der Waals surface area contributed by atoms with Gasteiger partial charge in [-0.25, -0.2) is 14.4 Å². The van der Waals surface area contributed by atoms with Crippen molar-refractivity contribution in [3.63, 3.8) is 0 Å². The first-order valence-corrected chi connectivity index (χ1v) is 7.20. The maximum Gasteiger partial charge on any atom is 0.508 e. The minimum atomic E-state index is -2.27. The second kappa shape index (κ2) is 6.14. The van der Waals surface area contributed by atoms with Crippen LogP contribution < -0.4 is 0 Å². The van der Waals surface area contributed by atoms with Crippen LogP contribution in [0.4, 0.5) is 4.79 Å². The molecule has 0 unspecified atom stereocenters. The highest BCUT2D eigenvalue weighted by Gasteiger charge is 2.64. The number of ether oxygens (including phenoxy) is 5. The van der Waals surface area contributed by atoms with E-state index < -0.39 is 47.5 Å². The van der Waals surface area contributed by atoms with Gasteiger partial charge in [-0.05, 0) is 12.5 Å².